The van der Waals surface area contributed by atoms with Gasteiger partial charge in [-0.2, -0.15) is 5.26 Å². The molecule has 0 heterocycles. The van der Waals surface area contributed by atoms with Crippen molar-refractivity contribution in [1.82, 2.24) is 5.32 Å². The van der Waals surface area contributed by atoms with Crippen LogP contribution in [-0.2, 0) is 0 Å². The number of benzene rings is 1. The minimum Gasteiger partial charge on any atom is -0.497 e. The van der Waals surface area contributed by atoms with Crippen LogP contribution in [0.25, 0.3) is 0 Å². The van der Waals surface area contributed by atoms with Gasteiger partial charge in [0.1, 0.15) is 5.75 Å². The molecule has 0 aromatic heterocycles. The average molecular weight is 311 g/mol. The van der Waals surface area contributed by atoms with Crippen molar-refractivity contribution in [3.05, 3.63) is 28.2 Å². The molecule has 0 aliphatic rings. The summed E-state index contributed by atoms with van der Waals surface area (Å²) in [5, 5.41) is 11.5. The minimum absolute atomic E-state index is 0.124. The first-order valence-electron chi connectivity index (χ1n) is 5.63. The summed E-state index contributed by atoms with van der Waals surface area (Å²) < 4.78 is 5.79. The Labute approximate surface area is 115 Å². The Morgan fingerprint density at radius 2 is 2.33 bits per heavy atom. The number of nitrogens with zero attached hydrogens (tertiary/aromatic N) is 1. The van der Waals surface area contributed by atoms with Crippen LogP contribution in [-0.4, -0.2) is 19.1 Å². The predicted octanol–water partition coefficient (Wildman–Crippen LogP) is 2.88. The van der Waals surface area contributed by atoms with E-state index in [0.29, 0.717) is 22.2 Å². The third kappa shape index (κ3) is 3.74. The van der Waals surface area contributed by atoms with E-state index in [1.165, 1.54) is 0 Å². The van der Waals surface area contributed by atoms with Crippen LogP contribution in [0.2, 0.25) is 0 Å². The third-order valence-corrected chi connectivity index (χ3v) is 3.28. The predicted molar refractivity (Wildman–Crippen MR) is 72.5 cm³/mol. The first-order chi connectivity index (χ1) is 8.62. The van der Waals surface area contributed by atoms with Crippen molar-refractivity contribution in [3.63, 3.8) is 0 Å². The fourth-order valence-electron chi connectivity index (χ4n) is 1.48. The molecule has 1 amide bonds. The molecule has 0 spiro atoms. The van der Waals surface area contributed by atoms with Crippen LogP contribution < -0.4 is 10.1 Å². The highest BCUT2D eigenvalue weighted by atomic mass is 79.9. The number of hydrogen-bond acceptors (Lipinski definition) is 3. The standard InChI is InChI=1S/C13H15BrN2O2/c1-3-9(6-7-15)16-13(17)11-8-10(18-2)4-5-12(11)14/h4-5,8-9H,3,6H2,1-2H3,(H,16,17). The molecule has 4 nitrogen and oxygen atoms in total. The van der Waals surface area contributed by atoms with Gasteiger partial charge in [0.05, 0.1) is 25.2 Å². The van der Waals surface area contributed by atoms with Crippen LogP contribution in [0.1, 0.15) is 30.1 Å². The van der Waals surface area contributed by atoms with E-state index in [4.69, 9.17) is 10.00 Å². The number of ether oxygens (including phenoxy) is 1. The van der Waals surface area contributed by atoms with Gasteiger partial charge in [-0.15, -0.1) is 0 Å². The smallest absolute Gasteiger partial charge is 0.252 e. The Kier molecular flexibility index (Phi) is 5.66. The molecule has 0 bridgehead atoms. The molecule has 1 N–H and O–H groups in total. The fraction of sp³-hybridized carbons (Fsp3) is 0.385. The van der Waals surface area contributed by atoms with E-state index < -0.39 is 0 Å². The molecule has 1 atom stereocenters. The van der Waals surface area contributed by atoms with Crippen molar-refractivity contribution in [2.45, 2.75) is 25.8 Å². The van der Waals surface area contributed by atoms with Crippen LogP contribution in [0.4, 0.5) is 0 Å². The number of nitrogens with one attached hydrogen (secondary N) is 1. The molecule has 5 heteroatoms. The molecular formula is C13H15BrN2O2. The SMILES string of the molecule is CCC(CC#N)NC(=O)c1cc(OC)ccc1Br. The zero-order chi connectivity index (χ0) is 13.5. The summed E-state index contributed by atoms with van der Waals surface area (Å²) in [7, 11) is 1.55. The van der Waals surface area contributed by atoms with Gasteiger partial charge in [-0.3, -0.25) is 4.79 Å². The lowest BCUT2D eigenvalue weighted by Gasteiger charge is -2.14. The molecule has 0 saturated heterocycles. The van der Waals surface area contributed by atoms with Crippen molar-refractivity contribution in [3.8, 4) is 11.8 Å². The molecule has 1 unspecified atom stereocenters. The molecule has 1 rings (SSSR count). The highest BCUT2D eigenvalue weighted by Gasteiger charge is 2.15. The second kappa shape index (κ2) is 7.02. The van der Waals surface area contributed by atoms with Gasteiger partial charge in [0.25, 0.3) is 5.91 Å². The van der Waals surface area contributed by atoms with Crippen LogP contribution in [0, 0.1) is 11.3 Å². The summed E-state index contributed by atoms with van der Waals surface area (Å²) in [5.74, 6) is 0.416. The topological polar surface area (TPSA) is 62.1 Å². The number of carbonyl (C=O) groups excluding carboxylic acids is 1. The Morgan fingerprint density at radius 1 is 1.61 bits per heavy atom. The van der Waals surface area contributed by atoms with E-state index >= 15 is 0 Å². The van der Waals surface area contributed by atoms with E-state index in [9.17, 15) is 4.79 Å². The summed E-state index contributed by atoms with van der Waals surface area (Å²) in [6.07, 6.45) is 1.03. The maximum Gasteiger partial charge on any atom is 0.252 e. The summed E-state index contributed by atoms with van der Waals surface area (Å²) in [6.45, 7) is 1.93. The summed E-state index contributed by atoms with van der Waals surface area (Å²) in [4.78, 5) is 12.1. The van der Waals surface area contributed by atoms with Gasteiger partial charge in [-0.05, 0) is 40.5 Å². The molecule has 0 radical (unpaired) electrons. The highest BCUT2D eigenvalue weighted by molar-refractivity contribution is 9.10. The Hall–Kier alpha value is -1.54. The van der Waals surface area contributed by atoms with Crippen molar-refractivity contribution in [2.75, 3.05) is 7.11 Å². The van der Waals surface area contributed by atoms with Gasteiger partial charge in [0.2, 0.25) is 0 Å². The summed E-state index contributed by atoms with van der Waals surface area (Å²) in [5.41, 5.74) is 0.505. The van der Waals surface area contributed by atoms with Crippen LogP contribution >= 0.6 is 15.9 Å². The number of amides is 1. The van der Waals surface area contributed by atoms with Crippen molar-refractivity contribution < 1.29 is 9.53 Å². The van der Waals surface area contributed by atoms with E-state index in [0.717, 1.165) is 6.42 Å². The number of methoxy groups -OCH3 is 1. The first-order valence-corrected chi connectivity index (χ1v) is 6.43. The molecule has 0 fully saturated rings. The summed E-state index contributed by atoms with van der Waals surface area (Å²) >= 11 is 3.33. The van der Waals surface area contributed by atoms with Gasteiger partial charge in [0, 0.05) is 10.5 Å². The lowest BCUT2D eigenvalue weighted by molar-refractivity contribution is 0.0935. The minimum atomic E-state index is -0.206. The second-order valence-electron chi connectivity index (χ2n) is 3.79. The quantitative estimate of drug-likeness (QED) is 0.909. The Morgan fingerprint density at radius 3 is 2.89 bits per heavy atom. The number of rotatable bonds is 5. The van der Waals surface area contributed by atoms with Crippen LogP contribution in [0.3, 0.4) is 0 Å². The van der Waals surface area contributed by atoms with Crippen LogP contribution in [0.15, 0.2) is 22.7 Å². The average Bonchev–Trinajstić information content (AvgIpc) is 2.38. The lowest BCUT2D eigenvalue weighted by Crippen LogP contribution is -2.34. The van der Waals surface area contributed by atoms with Crippen molar-refractivity contribution >= 4 is 21.8 Å². The summed E-state index contributed by atoms with van der Waals surface area (Å²) in [6, 6.07) is 7.14. The zero-order valence-electron chi connectivity index (χ0n) is 10.4. The van der Waals surface area contributed by atoms with Gasteiger partial charge in [0.15, 0.2) is 0 Å². The zero-order valence-corrected chi connectivity index (χ0v) is 12.0. The first kappa shape index (κ1) is 14.5. The maximum absolute atomic E-state index is 12.1. The molecule has 0 saturated carbocycles. The van der Waals surface area contributed by atoms with Gasteiger partial charge in [-0.1, -0.05) is 6.92 Å². The molecule has 0 aliphatic heterocycles. The van der Waals surface area contributed by atoms with E-state index in [1.807, 2.05) is 6.92 Å². The third-order valence-electron chi connectivity index (χ3n) is 2.58. The highest BCUT2D eigenvalue weighted by Crippen LogP contribution is 2.22. The largest absolute Gasteiger partial charge is 0.497 e. The number of halogens is 1. The maximum atomic E-state index is 12.1. The van der Waals surface area contributed by atoms with E-state index in [1.54, 1.807) is 25.3 Å². The van der Waals surface area contributed by atoms with Gasteiger partial charge >= 0.3 is 0 Å². The molecular weight excluding hydrogens is 296 g/mol. The lowest BCUT2D eigenvalue weighted by atomic mass is 10.1. The van der Waals surface area contributed by atoms with E-state index in [2.05, 4.69) is 27.3 Å². The fourth-order valence-corrected chi connectivity index (χ4v) is 1.90. The molecule has 1 aromatic rings. The number of carbonyl (C=O) groups is 1. The molecule has 96 valence electrons. The monoisotopic (exact) mass is 310 g/mol. The molecule has 0 aliphatic carbocycles. The number of hydrogen-bond donors (Lipinski definition) is 1. The Bertz CT molecular complexity index is 469. The normalized spacial score (nSPS) is 11.4. The molecule has 18 heavy (non-hydrogen) atoms. The van der Waals surface area contributed by atoms with Crippen LogP contribution in [0.5, 0.6) is 5.75 Å². The van der Waals surface area contributed by atoms with E-state index in [-0.39, 0.29) is 11.9 Å². The van der Waals surface area contributed by atoms with Crippen molar-refractivity contribution in [1.29, 1.82) is 5.26 Å². The Balaban J connectivity index is 2.86. The molecule has 1 aromatic carbocycles. The van der Waals surface area contributed by atoms with Crippen molar-refractivity contribution in [2.24, 2.45) is 0 Å². The van der Waals surface area contributed by atoms with Gasteiger partial charge < -0.3 is 10.1 Å². The number of nitriles is 1. The second-order valence-corrected chi connectivity index (χ2v) is 4.64. The van der Waals surface area contributed by atoms with Gasteiger partial charge in [-0.25, -0.2) is 0 Å².